The van der Waals surface area contributed by atoms with E-state index in [0.29, 0.717) is 23.5 Å². The predicted octanol–water partition coefficient (Wildman–Crippen LogP) is 8.30. The lowest BCUT2D eigenvalue weighted by molar-refractivity contribution is -0.0741. The molecule has 1 heterocycles. The smallest absolute Gasteiger partial charge is 0.414 e. The number of hydrogen-bond donors (Lipinski definition) is 2. The van der Waals surface area contributed by atoms with Crippen LogP contribution >= 0.6 is 0 Å². The number of fused-ring (bicyclic) bond motifs is 1. The maximum atomic E-state index is 14.2. The number of amides is 1. The Bertz CT molecular complexity index is 1540. The van der Waals surface area contributed by atoms with Crippen molar-refractivity contribution in [3.8, 4) is 11.5 Å². The zero-order chi connectivity index (χ0) is 38.3. The molecule has 11 heteroatoms. The van der Waals surface area contributed by atoms with Gasteiger partial charge in [-0.2, -0.15) is 0 Å². The van der Waals surface area contributed by atoms with E-state index < -0.39 is 50.4 Å². The number of benzene rings is 2. The van der Waals surface area contributed by atoms with Crippen molar-refractivity contribution in [2.24, 2.45) is 5.92 Å². The standard InChI is InChI=1S/C40H59NO9Si/c1-13-41(38(45)49-39(4,5)6)30-23-29-15-14-16-32(42)36(43)33(47-25-28-18-20-31(46-10)21-19-28)22-17-26(2)27(3)48-37(44)35(29)34(24-30)50-51(11,12)40(7,8)9/h14-15,17-24,26-27,32-33,36,42-43H,13,16,25H2,1-12H3/b15-14?,22-17-/t26-,27+,32+,33-,36+/m1/s1. The highest BCUT2D eigenvalue weighted by Gasteiger charge is 2.41. The fraction of sp³-hybridized carbons (Fsp3) is 0.550. The van der Waals surface area contributed by atoms with E-state index in [1.807, 2.05) is 44.2 Å². The fourth-order valence-corrected chi connectivity index (χ4v) is 6.04. The Morgan fingerprint density at radius 2 is 1.67 bits per heavy atom. The van der Waals surface area contributed by atoms with Crippen LogP contribution in [0.4, 0.5) is 10.5 Å². The van der Waals surface area contributed by atoms with Gasteiger partial charge < -0.3 is 33.6 Å². The predicted molar refractivity (Wildman–Crippen MR) is 204 cm³/mol. The maximum absolute atomic E-state index is 14.2. The molecule has 0 saturated heterocycles. The van der Waals surface area contributed by atoms with E-state index in [9.17, 15) is 19.8 Å². The first kappa shape index (κ1) is 41.8. The van der Waals surface area contributed by atoms with Crippen LogP contribution < -0.4 is 14.1 Å². The van der Waals surface area contributed by atoms with Gasteiger partial charge in [0, 0.05) is 18.5 Å². The largest absolute Gasteiger partial charge is 0.543 e. The molecule has 2 N–H and O–H groups in total. The first-order valence-corrected chi connectivity index (χ1v) is 20.6. The number of ether oxygens (including phenoxy) is 4. The zero-order valence-electron chi connectivity index (χ0n) is 32.5. The summed E-state index contributed by atoms with van der Waals surface area (Å²) in [6, 6.07) is 10.8. The number of hydrogen-bond acceptors (Lipinski definition) is 9. The van der Waals surface area contributed by atoms with Gasteiger partial charge in [0.1, 0.15) is 41.0 Å². The van der Waals surface area contributed by atoms with Crippen LogP contribution in [-0.4, -0.2) is 74.3 Å². The van der Waals surface area contributed by atoms with Crippen LogP contribution in [0.1, 0.15) is 90.2 Å². The number of methoxy groups -OCH3 is 1. The van der Waals surface area contributed by atoms with E-state index in [0.717, 1.165) is 11.3 Å². The normalized spacial score (nSPS) is 22.6. The Hall–Kier alpha value is -3.64. The summed E-state index contributed by atoms with van der Waals surface area (Å²) in [5, 5.41) is 22.3. The third-order valence-electron chi connectivity index (χ3n) is 9.38. The summed E-state index contributed by atoms with van der Waals surface area (Å²) in [4.78, 5) is 29.1. The number of esters is 1. The molecule has 0 aromatic heterocycles. The van der Waals surface area contributed by atoms with Gasteiger partial charge in [-0.25, -0.2) is 9.59 Å². The van der Waals surface area contributed by atoms with Crippen LogP contribution in [0.3, 0.4) is 0 Å². The van der Waals surface area contributed by atoms with Crippen molar-refractivity contribution in [3.05, 3.63) is 71.3 Å². The van der Waals surface area contributed by atoms with Gasteiger partial charge in [0.05, 0.1) is 25.5 Å². The molecule has 3 rings (SSSR count). The zero-order valence-corrected chi connectivity index (χ0v) is 33.5. The highest BCUT2D eigenvalue weighted by Crippen LogP contribution is 2.41. The van der Waals surface area contributed by atoms with Crippen LogP contribution in [0.25, 0.3) is 6.08 Å². The molecular weight excluding hydrogens is 667 g/mol. The summed E-state index contributed by atoms with van der Waals surface area (Å²) in [5.41, 5.74) is 1.29. The van der Waals surface area contributed by atoms with Gasteiger partial charge in [-0.15, -0.1) is 0 Å². The van der Waals surface area contributed by atoms with Crippen LogP contribution in [0.2, 0.25) is 18.1 Å². The number of aliphatic hydroxyl groups excluding tert-OH is 2. The van der Waals surface area contributed by atoms with E-state index >= 15 is 0 Å². The van der Waals surface area contributed by atoms with Crippen molar-refractivity contribution in [1.29, 1.82) is 0 Å². The third kappa shape index (κ3) is 11.4. The molecular formula is C40H59NO9Si. The van der Waals surface area contributed by atoms with Gasteiger partial charge in [0.15, 0.2) is 0 Å². The molecule has 0 unspecified atom stereocenters. The van der Waals surface area contributed by atoms with E-state index in [1.54, 1.807) is 65.2 Å². The minimum atomic E-state index is -2.52. The lowest BCUT2D eigenvalue weighted by Gasteiger charge is -2.37. The lowest BCUT2D eigenvalue weighted by Crippen LogP contribution is -2.44. The molecule has 0 fully saturated rings. The number of carbonyl (C=O) groups is 2. The number of cyclic esters (lactones) is 1. The summed E-state index contributed by atoms with van der Waals surface area (Å²) in [6.45, 7) is 21.9. The Morgan fingerprint density at radius 1 is 1.02 bits per heavy atom. The number of anilines is 1. The number of rotatable bonds is 8. The van der Waals surface area contributed by atoms with Gasteiger partial charge in [0.25, 0.3) is 8.32 Å². The number of carbonyl (C=O) groups excluding carboxylic acids is 2. The third-order valence-corrected chi connectivity index (χ3v) is 13.7. The summed E-state index contributed by atoms with van der Waals surface area (Å²) in [6.07, 6.45) is 2.54. The van der Waals surface area contributed by atoms with Crippen LogP contribution in [-0.2, 0) is 20.8 Å². The molecule has 0 radical (unpaired) electrons. The topological polar surface area (TPSA) is 124 Å². The second kappa shape index (κ2) is 17.2. The van der Waals surface area contributed by atoms with E-state index in [-0.39, 0.29) is 29.5 Å². The first-order chi connectivity index (χ1) is 23.7. The molecule has 5 atom stereocenters. The van der Waals surface area contributed by atoms with Gasteiger partial charge >= 0.3 is 12.1 Å². The van der Waals surface area contributed by atoms with Crippen molar-refractivity contribution in [1.82, 2.24) is 0 Å². The average molecular weight is 726 g/mol. The molecule has 282 valence electrons. The molecule has 10 nitrogen and oxygen atoms in total. The van der Waals surface area contributed by atoms with Gasteiger partial charge in [-0.3, -0.25) is 4.90 Å². The molecule has 2 aromatic carbocycles. The van der Waals surface area contributed by atoms with Gasteiger partial charge in [-0.05, 0) is 88.5 Å². The Morgan fingerprint density at radius 3 is 2.24 bits per heavy atom. The molecule has 0 aliphatic carbocycles. The Balaban J connectivity index is 2.12. The van der Waals surface area contributed by atoms with Crippen molar-refractivity contribution < 1.29 is 43.2 Å². The summed E-state index contributed by atoms with van der Waals surface area (Å²) in [5.74, 6) is 0.170. The first-order valence-electron chi connectivity index (χ1n) is 17.7. The minimum Gasteiger partial charge on any atom is -0.543 e. The second-order valence-electron chi connectivity index (χ2n) is 15.7. The van der Waals surface area contributed by atoms with Crippen molar-refractivity contribution >= 4 is 32.1 Å². The summed E-state index contributed by atoms with van der Waals surface area (Å²) >= 11 is 0. The Labute approximate surface area is 305 Å². The number of nitrogens with zero attached hydrogens (tertiary/aromatic N) is 1. The second-order valence-corrected chi connectivity index (χ2v) is 20.4. The van der Waals surface area contributed by atoms with Crippen LogP contribution in [0, 0.1) is 5.92 Å². The van der Waals surface area contributed by atoms with Gasteiger partial charge in [-0.1, -0.05) is 64.1 Å². The molecule has 1 aliphatic heterocycles. The SMILES string of the molecule is CCN(C(=O)OC(C)(C)C)c1cc2c(c(O[Si](C)(C)C(C)(C)C)c1)C(=O)O[C@@H](C)[C@H](C)/C=C\[C@@H](OCc1ccc(OC)cc1)[C@@H](O)[C@@H](O)CC=C2. The van der Waals surface area contributed by atoms with Crippen molar-refractivity contribution in [2.45, 2.75) is 123 Å². The average Bonchev–Trinajstić information content (AvgIpc) is 3.02. The quantitative estimate of drug-likeness (QED) is 0.157. The lowest BCUT2D eigenvalue weighted by atomic mass is 9.98. The summed E-state index contributed by atoms with van der Waals surface area (Å²) < 4.78 is 30.0. The highest BCUT2D eigenvalue weighted by molar-refractivity contribution is 6.74. The van der Waals surface area contributed by atoms with Crippen LogP contribution in [0.15, 0.2) is 54.6 Å². The molecule has 51 heavy (non-hydrogen) atoms. The highest BCUT2D eigenvalue weighted by atomic mass is 28.4. The van der Waals surface area contributed by atoms with Crippen molar-refractivity contribution in [2.75, 3.05) is 18.6 Å². The molecule has 0 bridgehead atoms. The van der Waals surface area contributed by atoms with Crippen LogP contribution in [0.5, 0.6) is 11.5 Å². The molecule has 2 aromatic rings. The minimum absolute atomic E-state index is 0.0457. The van der Waals surface area contributed by atoms with E-state index in [2.05, 4.69) is 33.9 Å². The molecule has 1 amide bonds. The van der Waals surface area contributed by atoms with Crippen molar-refractivity contribution in [3.63, 3.8) is 0 Å². The summed E-state index contributed by atoms with van der Waals surface area (Å²) in [7, 11) is -0.921. The number of aliphatic hydroxyl groups is 2. The monoisotopic (exact) mass is 725 g/mol. The van der Waals surface area contributed by atoms with Gasteiger partial charge in [0.2, 0.25) is 0 Å². The van der Waals surface area contributed by atoms with E-state index in [1.165, 1.54) is 4.90 Å². The molecule has 1 aliphatic rings. The Kier molecular flexibility index (Phi) is 14.1. The molecule has 0 spiro atoms. The maximum Gasteiger partial charge on any atom is 0.414 e. The van der Waals surface area contributed by atoms with E-state index in [4.69, 9.17) is 23.4 Å². The fourth-order valence-electron chi connectivity index (χ4n) is 5.02. The molecule has 0 saturated carbocycles.